The van der Waals surface area contributed by atoms with E-state index in [-0.39, 0.29) is 11.4 Å². The zero-order valence-electron chi connectivity index (χ0n) is 15.8. The summed E-state index contributed by atoms with van der Waals surface area (Å²) in [7, 11) is -3.70. The molecule has 0 unspecified atom stereocenters. The Morgan fingerprint density at radius 1 is 1.00 bits per heavy atom. The molecule has 1 heterocycles. The van der Waals surface area contributed by atoms with E-state index < -0.39 is 10.0 Å². The predicted molar refractivity (Wildman–Crippen MR) is 115 cm³/mol. The molecule has 0 saturated heterocycles. The van der Waals surface area contributed by atoms with Gasteiger partial charge >= 0.3 is 0 Å². The van der Waals surface area contributed by atoms with Crippen molar-refractivity contribution in [2.24, 2.45) is 0 Å². The van der Waals surface area contributed by atoms with Crippen molar-refractivity contribution in [1.29, 1.82) is 0 Å². The monoisotopic (exact) mass is 425 g/mol. The summed E-state index contributed by atoms with van der Waals surface area (Å²) in [5, 5.41) is 0.375. The number of imidazole rings is 1. The Balaban J connectivity index is 1.65. The number of aromatic nitrogens is 2. The van der Waals surface area contributed by atoms with Crippen molar-refractivity contribution in [3.8, 4) is 0 Å². The third-order valence-corrected chi connectivity index (χ3v) is 6.36. The number of rotatable bonds is 6. The van der Waals surface area contributed by atoms with Crippen molar-refractivity contribution in [3.05, 3.63) is 94.8 Å². The lowest BCUT2D eigenvalue weighted by Gasteiger charge is -2.11. The molecule has 0 aliphatic heterocycles. The maximum absolute atomic E-state index is 12.7. The van der Waals surface area contributed by atoms with Crippen LogP contribution in [0.1, 0.15) is 17.0 Å². The summed E-state index contributed by atoms with van der Waals surface area (Å²) in [6.07, 6.45) is 0. The lowest BCUT2D eigenvalue weighted by molar-refractivity contribution is 0.577. The molecule has 29 heavy (non-hydrogen) atoms. The van der Waals surface area contributed by atoms with E-state index in [1.807, 2.05) is 35.8 Å². The average Bonchev–Trinajstić information content (AvgIpc) is 3.06. The van der Waals surface area contributed by atoms with Crippen molar-refractivity contribution in [3.63, 3.8) is 0 Å². The molecule has 4 aromatic rings. The third-order valence-electron chi connectivity index (χ3n) is 4.72. The summed E-state index contributed by atoms with van der Waals surface area (Å²) < 4.78 is 30.0. The van der Waals surface area contributed by atoms with E-state index in [0.29, 0.717) is 17.4 Å². The van der Waals surface area contributed by atoms with E-state index in [1.54, 1.807) is 12.1 Å². The van der Waals surface area contributed by atoms with E-state index in [0.717, 1.165) is 16.6 Å². The summed E-state index contributed by atoms with van der Waals surface area (Å²) in [5.74, 6) is 0.650. The highest BCUT2D eigenvalue weighted by Gasteiger charge is 2.17. The van der Waals surface area contributed by atoms with Gasteiger partial charge in [0.2, 0.25) is 10.0 Å². The van der Waals surface area contributed by atoms with Crippen LogP contribution in [0.5, 0.6) is 0 Å². The number of hydrogen-bond donors (Lipinski definition) is 1. The normalized spacial score (nSPS) is 11.8. The summed E-state index contributed by atoms with van der Waals surface area (Å²) in [4.78, 5) is 4.78. The number of nitrogens with zero attached hydrogens (tertiary/aromatic N) is 2. The van der Waals surface area contributed by atoms with Crippen LogP contribution in [0.4, 0.5) is 0 Å². The molecule has 0 spiro atoms. The molecule has 4 rings (SSSR count). The molecule has 0 bridgehead atoms. The maximum Gasteiger partial charge on any atom is 0.241 e. The van der Waals surface area contributed by atoms with Gasteiger partial charge in [0.1, 0.15) is 5.82 Å². The van der Waals surface area contributed by atoms with Crippen LogP contribution < -0.4 is 4.72 Å². The van der Waals surface area contributed by atoms with Crippen LogP contribution >= 0.6 is 11.6 Å². The van der Waals surface area contributed by atoms with Gasteiger partial charge < -0.3 is 4.57 Å². The van der Waals surface area contributed by atoms with Crippen molar-refractivity contribution in [2.75, 3.05) is 0 Å². The second kappa shape index (κ2) is 7.99. The Labute approximate surface area is 175 Å². The fraction of sp³-hybridized carbons (Fsp3) is 0.136. The molecule has 0 amide bonds. The number of sulfonamides is 1. The topological polar surface area (TPSA) is 64.0 Å². The van der Waals surface area contributed by atoms with E-state index in [2.05, 4.69) is 34.0 Å². The molecule has 7 heteroatoms. The van der Waals surface area contributed by atoms with Gasteiger partial charge in [0.15, 0.2) is 0 Å². The molecule has 0 fully saturated rings. The number of hydrogen-bond acceptors (Lipinski definition) is 3. The van der Waals surface area contributed by atoms with Gasteiger partial charge in [-0.2, -0.15) is 0 Å². The van der Waals surface area contributed by atoms with Crippen molar-refractivity contribution < 1.29 is 8.42 Å². The lowest BCUT2D eigenvalue weighted by atomic mass is 10.1. The highest BCUT2D eigenvalue weighted by molar-refractivity contribution is 7.89. The van der Waals surface area contributed by atoms with Crippen LogP contribution in [0.2, 0.25) is 5.02 Å². The smallest absolute Gasteiger partial charge is 0.241 e. The zero-order chi connectivity index (χ0) is 20.4. The van der Waals surface area contributed by atoms with Crippen molar-refractivity contribution in [2.45, 2.75) is 24.9 Å². The first kappa shape index (κ1) is 19.6. The first-order chi connectivity index (χ1) is 13.9. The molecule has 0 saturated carbocycles. The first-order valence-electron chi connectivity index (χ1n) is 9.17. The highest BCUT2D eigenvalue weighted by Crippen LogP contribution is 2.20. The Bertz CT molecular complexity index is 1260. The molecular formula is C22H20ClN3O2S. The molecule has 0 aliphatic rings. The third kappa shape index (κ3) is 4.34. The minimum Gasteiger partial charge on any atom is -0.322 e. The van der Waals surface area contributed by atoms with Crippen LogP contribution in [0.25, 0.3) is 11.0 Å². The molecule has 3 aromatic carbocycles. The van der Waals surface area contributed by atoms with Gasteiger partial charge in [-0.15, -0.1) is 0 Å². The molecule has 0 atom stereocenters. The van der Waals surface area contributed by atoms with E-state index in [9.17, 15) is 8.42 Å². The largest absolute Gasteiger partial charge is 0.322 e. The van der Waals surface area contributed by atoms with Gasteiger partial charge in [0.05, 0.1) is 22.5 Å². The van der Waals surface area contributed by atoms with Gasteiger partial charge in [-0.05, 0) is 42.8 Å². The van der Waals surface area contributed by atoms with Gasteiger partial charge in [-0.25, -0.2) is 18.1 Å². The standard InChI is InChI=1S/C22H20ClN3O2S/c1-16-9-11-17(12-10-16)15-26-21-8-3-2-7-20(21)25-22(26)14-24-29(27,28)19-6-4-5-18(23)13-19/h2-13,24H,14-15H2,1H3. The van der Waals surface area contributed by atoms with E-state index >= 15 is 0 Å². The van der Waals surface area contributed by atoms with Crippen molar-refractivity contribution in [1.82, 2.24) is 14.3 Å². The Morgan fingerprint density at radius 3 is 2.52 bits per heavy atom. The van der Waals surface area contributed by atoms with Crippen LogP contribution in [-0.2, 0) is 23.1 Å². The van der Waals surface area contributed by atoms with E-state index in [4.69, 9.17) is 11.6 Å². The van der Waals surface area contributed by atoms with Gasteiger partial charge in [0.25, 0.3) is 0 Å². The quantitative estimate of drug-likeness (QED) is 0.493. The maximum atomic E-state index is 12.7. The molecule has 1 aromatic heterocycles. The number of benzene rings is 3. The Morgan fingerprint density at radius 2 is 1.76 bits per heavy atom. The van der Waals surface area contributed by atoms with Crippen LogP contribution in [0.3, 0.4) is 0 Å². The van der Waals surface area contributed by atoms with Gasteiger partial charge in [0, 0.05) is 11.6 Å². The SMILES string of the molecule is Cc1ccc(Cn2c(CNS(=O)(=O)c3cccc(Cl)c3)nc3ccccc32)cc1. The predicted octanol–water partition coefficient (Wildman–Crippen LogP) is 4.52. The van der Waals surface area contributed by atoms with Crippen LogP contribution in [0.15, 0.2) is 77.7 Å². The Kier molecular flexibility index (Phi) is 5.41. The molecule has 5 nitrogen and oxygen atoms in total. The summed E-state index contributed by atoms with van der Waals surface area (Å²) in [6, 6.07) is 22.3. The van der Waals surface area contributed by atoms with Gasteiger partial charge in [-0.3, -0.25) is 0 Å². The molecular weight excluding hydrogens is 406 g/mol. The summed E-state index contributed by atoms with van der Waals surface area (Å²) >= 11 is 5.94. The number of fused-ring (bicyclic) bond motifs is 1. The van der Waals surface area contributed by atoms with Gasteiger partial charge in [-0.1, -0.05) is 59.6 Å². The van der Waals surface area contributed by atoms with Crippen LogP contribution in [-0.4, -0.2) is 18.0 Å². The number of para-hydroxylation sites is 2. The highest BCUT2D eigenvalue weighted by atomic mass is 35.5. The van der Waals surface area contributed by atoms with E-state index in [1.165, 1.54) is 17.7 Å². The number of nitrogens with one attached hydrogen (secondary N) is 1. The number of halogens is 1. The molecule has 1 N–H and O–H groups in total. The zero-order valence-corrected chi connectivity index (χ0v) is 17.4. The Hall–Kier alpha value is -2.67. The lowest BCUT2D eigenvalue weighted by Crippen LogP contribution is -2.25. The molecule has 148 valence electrons. The second-order valence-corrected chi connectivity index (χ2v) is 9.07. The minimum atomic E-state index is -3.70. The fourth-order valence-electron chi connectivity index (χ4n) is 3.19. The van der Waals surface area contributed by atoms with Crippen molar-refractivity contribution >= 4 is 32.7 Å². The molecule has 0 radical (unpaired) electrons. The molecule has 0 aliphatic carbocycles. The first-order valence-corrected chi connectivity index (χ1v) is 11.0. The average molecular weight is 426 g/mol. The fourth-order valence-corrected chi connectivity index (χ4v) is 4.47. The minimum absolute atomic E-state index is 0.0788. The summed E-state index contributed by atoms with van der Waals surface area (Å²) in [6.45, 7) is 2.73. The second-order valence-electron chi connectivity index (χ2n) is 6.87. The summed E-state index contributed by atoms with van der Waals surface area (Å²) in [5.41, 5.74) is 4.11. The number of aryl methyl sites for hydroxylation is 1. The van der Waals surface area contributed by atoms with Crippen LogP contribution in [0, 0.1) is 6.92 Å².